The van der Waals surface area contributed by atoms with Gasteiger partial charge in [0.15, 0.2) is 5.82 Å². The van der Waals surface area contributed by atoms with E-state index in [4.69, 9.17) is 5.73 Å². The number of amides is 1. The number of nitrogens with two attached hydrogens (primary N) is 1. The Morgan fingerprint density at radius 1 is 1.16 bits per heavy atom. The molecule has 2 aliphatic rings. The zero-order chi connectivity index (χ0) is 25.7. The number of fused-ring (bicyclic) bond motifs is 1. The van der Waals surface area contributed by atoms with E-state index in [1.807, 2.05) is 36.1 Å². The molecule has 1 aliphatic heterocycles. The molecular formula is C28H27FN6O2. The largest absolute Gasteiger partial charge is 0.392 e. The Bertz CT molecular complexity index is 1530. The molecule has 1 aliphatic carbocycles. The number of aliphatic hydroxyl groups is 1. The van der Waals surface area contributed by atoms with E-state index in [0.717, 1.165) is 29.5 Å². The molecule has 1 amide bonds. The Balaban J connectivity index is 1.37. The van der Waals surface area contributed by atoms with Gasteiger partial charge in [-0.25, -0.2) is 9.37 Å². The van der Waals surface area contributed by atoms with Gasteiger partial charge in [0.2, 0.25) is 5.95 Å². The molecule has 0 spiro atoms. The number of benzene rings is 2. The summed E-state index contributed by atoms with van der Waals surface area (Å²) in [7, 11) is 1.94. The topological polar surface area (TPSA) is 110 Å². The van der Waals surface area contributed by atoms with Crippen molar-refractivity contribution in [2.45, 2.75) is 38.2 Å². The second-order valence-corrected chi connectivity index (χ2v) is 9.77. The number of aromatic nitrogens is 4. The summed E-state index contributed by atoms with van der Waals surface area (Å²) < 4.78 is 17.1. The average molecular weight is 499 g/mol. The van der Waals surface area contributed by atoms with Crippen LogP contribution in [0.15, 0.2) is 48.8 Å². The Kier molecular flexibility index (Phi) is 5.72. The lowest BCUT2D eigenvalue weighted by Gasteiger charge is -2.31. The van der Waals surface area contributed by atoms with Crippen molar-refractivity contribution in [3.05, 3.63) is 88.3 Å². The number of hydrogen-bond donors (Lipinski definition) is 2. The standard InChI is InChI=1S/C28H27FN6O2/c1-34-9-7-16(14-34)11-24-31-26(33-28(30)32-24)20-3-2-4-23(21(20)15-36)35-10-8-18-12-19(17-5-6-17)13-22(29)25(18)27(35)37/h2-4,7,9,12-14,17,36H,5-6,8,10-11,15H2,1H3,(H2,30,31,32,33). The molecular weight excluding hydrogens is 471 g/mol. The molecule has 8 nitrogen and oxygen atoms in total. The minimum absolute atomic E-state index is 0.0711. The lowest BCUT2D eigenvalue weighted by Crippen LogP contribution is -2.39. The normalized spacial score (nSPS) is 15.2. The van der Waals surface area contributed by atoms with Crippen molar-refractivity contribution in [3.8, 4) is 11.4 Å². The molecule has 0 atom stereocenters. The first-order chi connectivity index (χ1) is 17.9. The molecule has 2 aromatic heterocycles. The summed E-state index contributed by atoms with van der Waals surface area (Å²) in [5.74, 6) is 0.403. The van der Waals surface area contributed by atoms with Crippen molar-refractivity contribution in [1.29, 1.82) is 0 Å². The first-order valence-corrected chi connectivity index (χ1v) is 12.4. The lowest BCUT2D eigenvalue weighted by atomic mass is 9.93. The SMILES string of the molecule is Cn1ccc(Cc2nc(N)nc(-c3cccc(N4CCc5cc(C6CC6)cc(F)c5C4=O)c3CO)n2)c1. The third-order valence-corrected chi connectivity index (χ3v) is 7.10. The Morgan fingerprint density at radius 3 is 2.73 bits per heavy atom. The maximum Gasteiger partial charge on any atom is 0.261 e. The number of rotatable bonds is 6. The van der Waals surface area contributed by atoms with Gasteiger partial charge in [0, 0.05) is 43.5 Å². The molecule has 0 unspecified atom stereocenters. The first kappa shape index (κ1) is 23.3. The number of nitrogens with zero attached hydrogens (tertiary/aromatic N) is 5. The summed E-state index contributed by atoms with van der Waals surface area (Å²) in [6.45, 7) is 0.0271. The van der Waals surface area contributed by atoms with Crippen LogP contribution in [-0.2, 0) is 26.5 Å². The third-order valence-electron chi connectivity index (χ3n) is 7.10. The quantitative estimate of drug-likeness (QED) is 0.419. The van der Waals surface area contributed by atoms with Gasteiger partial charge in [-0.2, -0.15) is 9.97 Å². The first-order valence-electron chi connectivity index (χ1n) is 12.4. The summed E-state index contributed by atoms with van der Waals surface area (Å²) in [4.78, 5) is 28.3. The van der Waals surface area contributed by atoms with Gasteiger partial charge in [-0.1, -0.05) is 18.2 Å². The highest BCUT2D eigenvalue weighted by Gasteiger charge is 2.33. The molecule has 0 bridgehead atoms. The van der Waals surface area contributed by atoms with Crippen LogP contribution in [0.4, 0.5) is 16.0 Å². The molecule has 3 N–H and O–H groups in total. The Labute approximate surface area is 213 Å². The van der Waals surface area contributed by atoms with Crippen molar-refractivity contribution in [3.63, 3.8) is 0 Å². The number of hydrogen-bond acceptors (Lipinski definition) is 6. The summed E-state index contributed by atoms with van der Waals surface area (Å²) in [5, 5.41) is 10.4. The van der Waals surface area contributed by atoms with E-state index in [-0.39, 0.29) is 18.1 Å². The van der Waals surface area contributed by atoms with Gasteiger partial charge < -0.3 is 20.3 Å². The van der Waals surface area contributed by atoms with Crippen LogP contribution in [0.1, 0.15) is 57.2 Å². The highest BCUT2D eigenvalue weighted by atomic mass is 19.1. The number of halogens is 1. The monoisotopic (exact) mass is 498 g/mol. The molecule has 4 aromatic rings. The van der Waals surface area contributed by atoms with E-state index < -0.39 is 11.7 Å². The van der Waals surface area contributed by atoms with Gasteiger partial charge >= 0.3 is 0 Å². The second-order valence-electron chi connectivity index (χ2n) is 9.77. The van der Waals surface area contributed by atoms with Crippen LogP contribution in [0.2, 0.25) is 0 Å². The molecule has 1 fully saturated rings. The predicted octanol–water partition coefficient (Wildman–Crippen LogP) is 3.76. The zero-order valence-electron chi connectivity index (χ0n) is 20.5. The summed E-state index contributed by atoms with van der Waals surface area (Å²) in [5.41, 5.74) is 10.4. The Morgan fingerprint density at radius 2 is 2.00 bits per heavy atom. The number of anilines is 2. The summed E-state index contributed by atoms with van der Waals surface area (Å²) >= 11 is 0. The maximum atomic E-state index is 15.1. The Hall–Kier alpha value is -4.11. The highest BCUT2D eigenvalue weighted by Crippen LogP contribution is 2.42. The van der Waals surface area contributed by atoms with Crippen molar-refractivity contribution >= 4 is 17.5 Å². The average Bonchev–Trinajstić information content (AvgIpc) is 3.65. The van der Waals surface area contributed by atoms with Crippen molar-refractivity contribution in [1.82, 2.24) is 19.5 Å². The van der Waals surface area contributed by atoms with E-state index >= 15 is 4.39 Å². The van der Waals surface area contributed by atoms with Crippen LogP contribution >= 0.6 is 0 Å². The molecule has 1 saturated carbocycles. The van der Waals surface area contributed by atoms with Crippen molar-refractivity contribution < 1.29 is 14.3 Å². The van der Waals surface area contributed by atoms with Gasteiger partial charge in [-0.3, -0.25) is 4.79 Å². The van der Waals surface area contributed by atoms with Crippen LogP contribution in [0.5, 0.6) is 0 Å². The molecule has 0 saturated heterocycles. The highest BCUT2D eigenvalue weighted by molar-refractivity contribution is 6.09. The van der Waals surface area contributed by atoms with Crippen LogP contribution in [-0.4, -0.2) is 37.1 Å². The van der Waals surface area contributed by atoms with E-state index in [2.05, 4.69) is 15.0 Å². The predicted molar refractivity (Wildman–Crippen MR) is 138 cm³/mol. The molecule has 9 heteroatoms. The summed E-state index contributed by atoms with van der Waals surface area (Å²) in [6, 6.07) is 10.8. The van der Waals surface area contributed by atoms with Crippen LogP contribution in [0, 0.1) is 5.82 Å². The van der Waals surface area contributed by atoms with Gasteiger partial charge in [-0.15, -0.1) is 0 Å². The molecule has 2 aromatic carbocycles. The smallest absolute Gasteiger partial charge is 0.261 e. The number of aryl methyl sites for hydroxylation is 1. The second kappa shape index (κ2) is 9.08. The van der Waals surface area contributed by atoms with Crippen LogP contribution in [0.25, 0.3) is 11.4 Å². The third kappa shape index (κ3) is 4.35. The molecule has 188 valence electrons. The number of carbonyl (C=O) groups excluding carboxylic acids is 1. The van der Waals surface area contributed by atoms with Crippen molar-refractivity contribution in [2.75, 3.05) is 17.2 Å². The lowest BCUT2D eigenvalue weighted by molar-refractivity contribution is 0.0976. The van der Waals surface area contributed by atoms with Crippen LogP contribution in [0.3, 0.4) is 0 Å². The minimum atomic E-state index is -0.480. The molecule has 6 rings (SSSR count). The number of aliphatic hydroxyl groups excluding tert-OH is 1. The number of nitrogen functional groups attached to an aromatic ring is 1. The maximum absolute atomic E-state index is 15.1. The molecule has 0 radical (unpaired) electrons. The fourth-order valence-corrected chi connectivity index (χ4v) is 5.16. The van der Waals surface area contributed by atoms with E-state index in [1.165, 1.54) is 11.0 Å². The molecule has 37 heavy (non-hydrogen) atoms. The van der Waals surface area contributed by atoms with E-state index in [1.54, 1.807) is 18.2 Å². The van der Waals surface area contributed by atoms with E-state index in [0.29, 0.717) is 53.8 Å². The van der Waals surface area contributed by atoms with Gasteiger partial charge in [0.05, 0.1) is 17.9 Å². The summed E-state index contributed by atoms with van der Waals surface area (Å²) in [6.07, 6.45) is 7.06. The number of carbonyl (C=O) groups is 1. The van der Waals surface area contributed by atoms with Gasteiger partial charge in [-0.05, 0) is 60.1 Å². The van der Waals surface area contributed by atoms with Gasteiger partial charge in [0.25, 0.3) is 5.91 Å². The zero-order valence-corrected chi connectivity index (χ0v) is 20.5. The van der Waals surface area contributed by atoms with Gasteiger partial charge in [0.1, 0.15) is 11.6 Å². The van der Waals surface area contributed by atoms with Crippen molar-refractivity contribution in [2.24, 2.45) is 7.05 Å². The van der Waals surface area contributed by atoms with E-state index in [9.17, 15) is 9.90 Å². The minimum Gasteiger partial charge on any atom is -0.392 e. The molecule has 3 heterocycles. The van der Waals surface area contributed by atoms with Crippen LogP contribution < -0.4 is 10.6 Å². The fourth-order valence-electron chi connectivity index (χ4n) is 5.16. The fraction of sp³-hybridized carbons (Fsp3) is 0.286.